The van der Waals surface area contributed by atoms with E-state index in [-0.39, 0.29) is 5.78 Å². The number of carbonyl (C=O) groups is 1. The highest BCUT2D eigenvalue weighted by Crippen LogP contribution is 2.61. The second kappa shape index (κ2) is 9.24. The van der Waals surface area contributed by atoms with Gasteiger partial charge in [-0.1, -0.05) is 84.9 Å². The Balaban J connectivity index is 2.37. The maximum atomic E-state index is 14.8. The normalized spacial score (nSPS) is 13.0. The predicted molar refractivity (Wildman–Crippen MR) is 121 cm³/mol. The number of hydrogen-bond donors (Lipinski definition) is 0. The molecule has 1 atom stereocenters. The first kappa shape index (κ1) is 22.4. The van der Waals surface area contributed by atoms with Crippen LogP contribution in [-0.2, 0) is 23.0 Å². The van der Waals surface area contributed by atoms with Crippen LogP contribution in [0.1, 0.15) is 18.1 Å². The molecule has 0 aromatic heterocycles. The van der Waals surface area contributed by atoms with Crippen molar-refractivity contribution in [1.82, 2.24) is 0 Å². The molecule has 0 fully saturated rings. The molecule has 0 bridgehead atoms. The molecule has 0 aliphatic heterocycles. The van der Waals surface area contributed by atoms with Crippen LogP contribution >= 0.6 is 14.7 Å². The van der Waals surface area contributed by atoms with E-state index >= 15 is 0 Å². The average molecular weight is 442 g/mol. The Bertz CT molecular complexity index is 1060. The third-order valence-electron chi connectivity index (χ3n) is 5.02. The summed E-state index contributed by atoms with van der Waals surface area (Å²) >= 11 is 0. The first-order valence-corrected chi connectivity index (χ1v) is 12.7. The Morgan fingerprint density at radius 1 is 0.733 bits per heavy atom. The maximum Gasteiger partial charge on any atom is 0.344 e. The quantitative estimate of drug-likeness (QED) is 0.483. The van der Waals surface area contributed by atoms with Crippen molar-refractivity contribution >= 4 is 36.4 Å². The lowest BCUT2D eigenvalue weighted by molar-refractivity contribution is -0.117. The lowest BCUT2D eigenvalue weighted by Crippen LogP contribution is -2.29. The highest BCUT2D eigenvalue weighted by molar-refractivity contribution is 7.85. The van der Waals surface area contributed by atoms with Gasteiger partial charge in [-0.15, -0.1) is 0 Å². The number of ketones is 1. The van der Waals surface area contributed by atoms with Crippen LogP contribution in [0.15, 0.2) is 84.9 Å². The van der Waals surface area contributed by atoms with Gasteiger partial charge in [0.05, 0.1) is 0 Å². The highest BCUT2D eigenvalue weighted by atomic mass is 31.2. The van der Waals surface area contributed by atoms with Crippen LogP contribution in [-0.4, -0.2) is 20.0 Å². The van der Waals surface area contributed by atoms with Crippen LogP contribution in [0.3, 0.4) is 0 Å². The van der Waals surface area contributed by atoms with Crippen molar-refractivity contribution in [3.05, 3.63) is 90.5 Å². The minimum absolute atomic E-state index is 0.382. The second-order valence-corrected chi connectivity index (χ2v) is 11.8. The van der Waals surface area contributed by atoms with Crippen LogP contribution in [0.25, 0.3) is 0 Å². The molecule has 0 saturated carbocycles. The van der Waals surface area contributed by atoms with E-state index in [4.69, 9.17) is 9.05 Å². The molecule has 0 spiro atoms. The summed E-state index contributed by atoms with van der Waals surface area (Å²) < 4.78 is 38.4. The summed E-state index contributed by atoms with van der Waals surface area (Å²) in [5.41, 5.74) is -0.808. The summed E-state index contributed by atoms with van der Waals surface area (Å²) in [4.78, 5) is 12.6. The molecule has 7 heteroatoms. The van der Waals surface area contributed by atoms with E-state index in [0.717, 1.165) is 0 Å². The number of Topliss-reactive ketones (excluding diaryl/α,β-unsaturated/α-hetero) is 1. The number of hydrogen-bond acceptors (Lipinski definition) is 5. The Morgan fingerprint density at radius 3 is 1.60 bits per heavy atom. The summed E-state index contributed by atoms with van der Waals surface area (Å²) in [6, 6.07) is 25.1. The van der Waals surface area contributed by atoms with Crippen LogP contribution in [0.4, 0.5) is 0 Å². The number of carbonyl (C=O) groups excluding carboxylic acids is 1. The van der Waals surface area contributed by atoms with Gasteiger partial charge in [0.1, 0.15) is 11.4 Å². The van der Waals surface area contributed by atoms with Gasteiger partial charge in [-0.3, -0.25) is 9.36 Å². The van der Waals surface area contributed by atoms with E-state index in [1.165, 1.54) is 21.1 Å². The molecular weight excluding hydrogens is 418 g/mol. The van der Waals surface area contributed by atoms with E-state index in [1.54, 1.807) is 48.5 Å². The van der Waals surface area contributed by atoms with Gasteiger partial charge in [0.25, 0.3) is 0 Å². The third kappa shape index (κ3) is 3.99. The Labute approximate surface area is 177 Å². The van der Waals surface area contributed by atoms with E-state index < -0.39 is 20.4 Å². The predicted octanol–water partition coefficient (Wildman–Crippen LogP) is 4.44. The average Bonchev–Trinajstić information content (AvgIpc) is 2.79. The molecule has 3 rings (SSSR count). The van der Waals surface area contributed by atoms with Gasteiger partial charge in [0.2, 0.25) is 0 Å². The van der Waals surface area contributed by atoms with E-state index in [1.807, 2.05) is 36.4 Å². The first-order chi connectivity index (χ1) is 14.4. The lowest BCUT2D eigenvalue weighted by Gasteiger charge is -2.28. The van der Waals surface area contributed by atoms with Gasteiger partial charge in [-0.2, -0.15) is 0 Å². The van der Waals surface area contributed by atoms with Crippen molar-refractivity contribution in [2.24, 2.45) is 0 Å². The monoisotopic (exact) mass is 442 g/mol. The molecule has 0 aliphatic rings. The smallest absolute Gasteiger partial charge is 0.311 e. The second-order valence-electron chi connectivity index (χ2n) is 6.76. The number of benzene rings is 3. The molecular formula is C23H24O5P2. The number of rotatable bonds is 8. The molecule has 3 aromatic rings. The molecule has 0 saturated heterocycles. The summed E-state index contributed by atoms with van der Waals surface area (Å²) in [6.07, 6.45) is 0. The SMILES string of the molecule is COP(=O)(OC)C(C(C)=O)c1ccccc1P(=O)(c1ccccc1)c1ccccc1. The van der Waals surface area contributed by atoms with Crippen LogP contribution in [0.2, 0.25) is 0 Å². The molecule has 5 nitrogen and oxygen atoms in total. The summed E-state index contributed by atoms with van der Waals surface area (Å²) in [5, 5.41) is 1.68. The highest BCUT2D eigenvalue weighted by Gasteiger charge is 2.43. The Morgan fingerprint density at radius 2 is 1.17 bits per heavy atom. The molecule has 0 N–H and O–H groups in total. The van der Waals surface area contributed by atoms with Gasteiger partial charge < -0.3 is 13.6 Å². The molecule has 156 valence electrons. The minimum Gasteiger partial charge on any atom is -0.311 e. The fourth-order valence-electron chi connectivity index (χ4n) is 3.61. The van der Waals surface area contributed by atoms with Gasteiger partial charge in [0, 0.05) is 30.1 Å². The van der Waals surface area contributed by atoms with Crippen molar-refractivity contribution in [2.45, 2.75) is 12.6 Å². The van der Waals surface area contributed by atoms with Crippen LogP contribution in [0, 0.1) is 0 Å². The Kier molecular flexibility index (Phi) is 6.90. The van der Waals surface area contributed by atoms with E-state index in [2.05, 4.69) is 0 Å². The molecule has 0 radical (unpaired) electrons. The van der Waals surface area contributed by atoms with Crippen molar-refractivity contribution in [3.63, 3.8) is 0 Å². The van der Waals surface area contributed by atoms with Crippen molar-refractivity contribution < 1.29 is 23.0 Å². The molecule has 1 unspecified atom stereocenters. The largest absolute Gasteiger partial charge is 0.344 e. The summed E-state index contributed by atoms with van der Waals surface area (Å²) in [5.74, 6) is -0.387. The van der Waals surface area contributed by atoms with Gasteiger partial charge >= 0.3 is 7.60 Å². The molecule has 3 aromatic carbocycles. The minimum atomic E-state index is -3.82. The van der Waals surface area contributed by atoms with Gasteiger partial charge in [0.15, 0.2) is 7.14 Å². The fourth-order valence-corrected chi connectivity index (χ4v) is 8.19. The maximum absolute atomic E-state index is 14.8. The van der Waals surface area contributed by atoms with E-state index in [0.29, 0.717) is 21.5 Å². The topological polar surface area (TPSA) is 69.7 Å². The lowest BCUT2D eigenvalue weighted by atomic mass is 10.1. The zero-order chi connectivity index (χ0) is 21.8. The van der Waals surface area contributed by atoms with Crippen molar-refractivity contribution in [2.75, 3.05) is 14.2 Å². The van der Waals surface area contributed by atoms with E-state index in [9.17, 15) is 13.9 Å². The third-order valence-corrected chi connectivity index (χ3v) is 10.4. The van der Waals surface area contributed by atoms with Gasteiger partial charge in [-0.25, -0.2) is 0 Å². The van der Waals surface area contributed by atoms with Crippen molar-refractivity contribution in [1.29, 1.82) is 0 Å². The molecule has 0 heterocycles. The zero-order valence-corrected chi connectivity index (χ0v) is 18.9. The van der Waals surface area contributed by atoms with Gasteiger partial charge in [-0.05, 0) is 12.5 Å². The molecule has 30 heavy (non-hydrogen) atoms. The Hall–Kier alpha value is -2.29. The summed E-state index contributed by atoms with van der Waals surface area (Å²) in [6.45, 7) is 1.34. The van der Waals surface area contributed by atoms with Crippen LogP contribution < -0.4 is 15.9 Å². The molecule has 0 aliphatic carbocycles. The first-order valence-electron chi connectivity index (χ1n) is 9.41. The molecule has 0 amide bonds. The standard InChI is InChI=1S/C23H24O5P2/c1-18(24)23(30(26,27-2)28-3)21-16-10-11-17-22(21)29(25,19-12-6-4-7-13-19)20-14-8-5-9-15-20/h4-17,23H,1-3H3. The summed E-state index contributed by atoms with van der Waals surface area (Å²) in [7, 11) is -4.71. The zero-order valence-electron chi connectivity index (χ0n) is 17.1. The fraction of sp³-hybridized carbons (Fsp3) is 0.174. The van der Waals surface area contributed by atoms with Crippen LogP contribution in [0.5, 0.6) is 0 Å². The van der Waals surface area contributed by atoms with Crippen molar-refractivity contribution in [3.8, 4) is 0 Å².